The molecule has 1 saturated heterocycles. The smallest absolute Gasteiger partial charge is 0.0962 e. The Morgan fingerprint density at radius 1 is 1.75 bits per heavy atom. The maximum absolute atomic E-state index is 5.43. The van der Waals surface area contributed by atoms with Crippen LogP contribution in [0.5, 0.6) is 0 Å². The third kappa shape index (κ3) is 1.33. The Bertz CT molecular complexity index is 250. The lowest BCUT2D eigenvalue weighted by atomic mass is 10.3. The van der Waals surface area contributed by atoms with E-state index in [1.807, 2.05) is 10.9 Å². The van der Waals surface area contributed by atoms with Crippen molar-refractivity contribution in [1.82, 2.24) is 20.3 Å². The third-order valence-corrected chi connectivity index (χ3v) is 2.18. The Morgan fingerprint density at radius 3 is 3.25 bits per heavy atom. The highest BCUT2D eigenvalue weighted by Crippen LogP contribution is 2.12. The van der Waals surface area contributed by atoms with Crippen molar-refractivity contribution in [2.24, 2.45) is 5.73 Å². The van der Waals surface area contributed by atoms with Gasteiger partial charge in [-0.2, -0.15) is 0 Å². The van der Waals surface area contributed by atoms with Gasteiger partial charge in [0, 0.05) is 13.1 Å². The summed E-state index contributed by atoms with van der Waals surface area (Å²) < 4.78 is 1.90. The first-order chi connectivity index (χ1) is 5.90. The molecule has 1 aliphatic rings. The van der Waals surface area contributed by atoms with E-state index >= 15 is 0 Å². The predicted octanol–water partition coefficient (Wildman–Crippen LogP) is -0.729. The zero-order valence-electron chi connectivity index (χ0n) is 6.90. The lowest BCUT2D eigenvalue weighted by molar-refractivity contribution is 0.476. The van der Waals surface area contributed by atoms with Crippen molar-refractivity contribution in [2.45, 2.75) is 19.0 Å². The summed E-state index contributed by atoms with van der Waals surface area (Å²) in [4.78, 5) is 0. The summed E-state index contributed by atoms with van der Waals surface area (Å²) in [6.45, 7) is 2.54. The lowest BCUT2D eigenvalue weighted by Crippen LogP contribution is -2.13. The fraction of sp³-hybridized carbons (Fsp3) is 0.714. The summed E-state index contributed by atoms with van der Waals surface area (Å²) in [6, 6.07) is 0.470. The van der Waals surface area contributed by atoms with E-state index in [4.69, 9.17) is 5.73 Å². The summed E-state index contributed by atoms with van der Waals surface area (Å²) >= 11 is 0. The molecule has 3 N–H and O–H groups in total. The average Bonchev–Trinajstić information content (AvgIpc) is 2.75. The highest BCUT2D eigenvalue weighted by Gasteiger charge is 2.17. The molecule has 1 aliphatic heterocycles. The second-order valence-corrected chi connectivity index (χ2v) is 3.04. The summed E-state index contributed by atoms with van der Waals surface area (Å²) in [7, 11) is 0. The minimum Gasteiger partial charge on any atom is -0.325 e. The van der Waals surface area contributed by atoms with Crippen LogP contribution in [0.15, 0.2) is 6.20 Å². The van der Waals surface area contributed by atoms with Crippen molar-refractivity contribution in [2.75, 3.05) is 13.1 Å². The molecule has 0 aromatic carbocycles. The number of hydrogen-bond donors (Lipinski definition) is 2. The van der Waals surface area contributed by atoms with Crippen LogP contribution in [0.1, 0.15) is 18.2 Å². The van der Waals surface area contributed by atoms with Crippen molar-refractivity contribution in [3.8, 4) is 0 Å². The number of aromatic nitrogens is 3. The van der Waals surface area contributed by atoms with E-state index < -0.39 is 0 Å². The number of nitrogens with one attached hydrogen (secondary N) is 1. The molecular weight excluding hydrogens is 154 g/mol. The highest BCUT2D eigenvalue weighted by atomic mass is 15.4. The number of nitrogens with zero attached hydrogens (tertiary/aromatic N) is 3. The third-order valence-electron chi connectivity index (χ3n) is 2.18. The lowest BCUT2D eigenvalue weighted by Gasteiger charge is -2.05. The van der Waals surface area contributed by atoms with Crippen LogP contribution >= 0.6 is 0 Å². The first kappa shape index (κ1) is 7.70. The van der Waals surface area contributed by atoms with Crippen LogP contribution in [0.2, 0.25) is 0 Å². The molecule has 5 nitrogen and oxygen atoms in total. The minimum atomic E-state index is 0.470. The van der Waals surface area contributed by atoms with E-state index in [-0.39, 0.29) is 0 Å². The summed E-state index contributed by atoms with van der Waals surface area (Å²) in [5, 5.41) is 11.2. The van der Waals surface area contributed by atoms with Gasteiger partial charge in [-0.05, 0) is 13.0 Å². The minimum absolute atomic E-state index is 0.470. The van der Waals surface area contributed by atoms with Crippen LogP contribution < -0.4 is 11.1 Å². The van der Waals surface area contributed by atoms with Crippen molar-refractivity contribution in [3.63, 3.8) is 0 Å². The highest BCUT2D eigenvalue weighted by molar-refractivity contribution is 4.93. The molecule has 66 valence electrons. The van der Waals surface area contributed by atoms with Gasteiger partial charge in [-0.25, -0.2) is 4.68 Å². The van der Waals surface area contributed by atoms with Crippen LogP contribution in [0, 0.1) is 0 Å². The maximum Gasteiger partial charge on any atom is 0.0962 e. The molecule has 0 radical (unpaired) electrons. The quantitative estimate of drug-likeness (QED) is 0.609. The second kappa shape index (κ2) is 3.20. The first-order valence-electron chi connectivity index (χ1n) is 4.21. The van der Waals surface area contributed by atoms with Gasteiger partial charge in [-0.1, -0.05) is 5.21 Å². The summed E-state index contributed by atoms with van der Waals surface area (Å²) in [5.74, 6) is 0. The van der Waals surface area contributed by atoms with E-state index in [1.165, 1.54) is 0 Å². The molecule has 5 heteroatoms. The van der Waals surface area contributed by atoms with Gasteiger partial charge >= 0.3 is 0 Å². The van der Waals surface area contributed by atoms with Crippen LogP contribution in [-0.2, 0) is 6.54 Å². The Morgan fingerprint density at radius 2 is 2.67 bits per heavy atom. The fourth-order valence-electron chi connectivity index (χ4n) is 1.45. The molecule has 0 bridgehead atoms. The van der Waals surface area contributed by atoms with Crippen LogP contribution in [-0.4, -0.2) is 28.1 Å². The summed E-state index contributed by atoms with van der Waals surface area (Å²) in [5.41, 5.74) is 6.29. The molecule has 1 aromatic rings. The van der Waals surface area contributed by atoms with Gasteiger partial charge < -0.3 is 11.1 Å². The normalized spacial score (nSPS) is 23.2. The van der Waals surface area contributed by atoms with E-state index in [9.17, 15) is 0 Å². The molecule has 1 aromatic heterocycles. The second-order valence-electron chi connectivity index (χ2n) is 3.04. The molecule has 2 heterocycles. The van der Waals surface area contributed by atoms with E-state index in [0.29, 0.717) is 12.6 Å². The Labute approximate surface area is 70.9 Å². The molecule has 0 saturated carbocycles. The van der Waals surface area contributed by atoms with Crippen molar-refractivity contribution in [1.29, 1.82) is 0 Å². The van der Waals surface area contributed by atoms with Gasteiger partial charge in [0.05, 0.1) is 17.9 Å². The number of rotatable bonds is 2. The van der Waals surface area contributed by atoms with Gasteiger partial charge in [-0.15, -0.1) is 5.10 Å². The number of nitrogens with two attached hydrogens (primary N) is 1. The van der Waals surface area contributed by atoms with Crippen molar-refractivity contribution in [3.05, 3.63) is 11.9 Å². The van der Waals surface area contributed by atoms with Gasteiger partial charge in [0.2, 0.25) is 0 Å². The van der Waals surface area contributed by atoms with Gasteiger partial charge in [0.25, 0.3) is 0 Å². The topological polar surface area (TPSA) is 68.8 Å². The Hall–Kier alpha value is -0.940. The van der Waals surface area contributed by atoms with Crippen LogP contribution in [0.3, 0.4) is 0 Å². The standard InChI is InChI=1S/C7H13N5/c8-3-6-5-12(11-10-6)7-1-2-9-4-7/h5,7,9H,1-4,8H2/t7-/m1/s1. The molecular formula is C7H13N5. The van der Waals surface area contributed by atoms with Crippen molar-refractivity contribution < 1.29 is 0 Å². The monoisotopic (exact) mass is 167 g/mol. The van der Waals surface area contributed by atoms with Gasteiger partial charge in [0.15, 0.2) is 0 Å². The van der Waals surface area contributed by atoms with Crippen LogP contribution in [0.4, 0.5) is 0 Å². The largest absolute Gasteiger partial charge is 0.325 e. The Balaban J connectivity index is 2.11. The molecule has 1 atom stereocenters. The predicted molar refractivity (Wildman–Crippen MR) is 44.4 cm³/mol. The molecule has 12 heavy (non-hydrogen) atoms. The molecule has 0 spiro atoms. The number of hydrogen-bond acceptors (Lipinski definition) is 4. The molecule has 0 amide bonds. The Kier molecular flexibility index (Phi) is 2.05. The maximum atomic E-state index is 5.43. The zero-order valence-corrected chi connectivity index (χ0v) is 6.90. The van der Waals surface area contributed by atoms with E-state index in [0.717, 1.165) is 25.2 Å². The van der Waals surface area contributed by atoms with E-state index in [2.05, 4.69) is 15.6 Å². The molecule has 0 unspecified atom stereocenters. The SMILES string of the molecule is NCc1cn([C@@H]2CCNC2)nn1. The zero-order chi connectivity index (χ0) is 8.39. The van der Waals surface area contributed by atoms with Crippen molar-refractivity contribution >= 4 is 0 Å². The first-order valence-corrected chi connectivity index (χ1v) is 4.21. The fourth-order valence-corrected chi connectivity index (χ4v) is 1.45. The molecule has 0 aliphatic carbocycles. The summed E-state index contributed by atoms with van der Waals surface area (Å²) in [6.07, 6.45) is 3.06. The molecule has 1 fully saturated rings. The van der Waals surface area contributed by atoms with Crippen LogP contribution in [0.25, 0.3) is 0 Å². The van der Waals surface area contributed by atoms with Gasteiger partial charge in [-0.3, -0.25) is 0 Å². The van der Waals surface area contributed by atoms with E-state index in [1.54, 1.807) is 0 Å². The van der Waals surface area contributed by atoms with Gasteiger partial charge in [0.1, 0.15) is 0 Å². The average molecular weight is 167 g/mol. The molecule has 2 rings (SSSR count).